The van der Waals surface area contributed by atoms with E-state index in [0.717, 1.165) is 25.7 Å². The van der Waals surface area contributed by atoms with Gasteiger partial charge in [-0.05, 0) is 37.6 Å². The van der Waals surface area contributed by atoms with Crippen LogP contribution in [0.5, 0.6) is 0 Å². The maximum absolute atomic E-state index is 11.1. The second-order valence-electron chi connectivity index (χ2n) is 6.54. The van der Waals surface area contributed by atoms with Crippen LogP contribution < -0.4 is 5.73 Å². The van der Waals surface area contributed by atoms with Crippen molar-refractivity contribution in [2.45, 2.75) is 52.5 Å². The van der Waals surface area contributed by atoms with E-state index in [2.05, 4.69) is 26.8 Å². The van der Waals surface area contributed by atoms with Crippen LogP contribution in [-0.2, 0) is 4.79 Å². The second-order valence-corrected chi connectivity index (χ2v) is 6.54. The van der Waals surface area contributed by atoms with Crippen LogP contribution >= 0.6 is 0 Å². The minimum absolute atomic E-state index is 0.0215. The van der Waals surface area contributed by atoms with Crippen molar-refractivity contribution in [3.63, 3.8) is 0 Å². The molecule has 4 nitrogen and oxygen atoms in total. The number of primary amides is 1. The van der Waals surface area contributed by atoms with E-state index in [-0.39, 0.29) is 24.4 Å². The third-order valence-electron chi connectivity index (χ3n) is 4.97. The molecule has 0 saturated heterocycles. The third-order valence-corrected chi connectivity index (χ3v) is 4.97. The molecule has 0 spiro atoms. The Morgan fingerprint density at radius 3 is 2.58 bits per heavy atom. The largest absolute Gasteiger partial charge is 0.369 e. The number of amides is 1. The summed E-state index contributed by atoms with van der Waals surface area (Å²) in [5.74, 6) is 0.312. The number of nitriles is 1. The van der Waals surface area contributed by atoms with Crippen LogP contribution in [0, 0.1) is 28.6 Å². The summed E-state index contributed by atoms with van der Waals surface area (Å²) < 4.78 is 0. The molecule has 3 atom stereocenters. The van der Waals surface area contributed by atoms with E-state index >= 15 is 0 Å². The molecular weight excluding hydrogens is 238 g/mol. The standard InChI is InChI=1S/C15H27N3O/c1-5-15(2,3)12-7-6-11(9-16)13(8-12)18(4)10-14(17)19/h11-13H,5-8,10H2,1-4H3,(H2,17,19). The smallest absolute Gasteiger partial charge is 0.231 e. The molecule has 1 aliphatic rings. The van der Waals surface area contributed by atoms with Gasteiger partial charge in [0.2, 0.25) is 5.91 Å². The van der Waals surface area contributed by atoms with Gasteiger partial charge in [0.05, 0.1) is 18.5 Å². The monoisotopic (exact) mass is 265 g/mol. The molecule has 0 radical (unpaired) electrons. The molecule has 4 heteroatoms. The Bertz CT molecular complexity index is 359. The summed E-state index contributed by atoms with van der Waals surface area (Å²) in [5.41, 5.74) is 5.57. The first-order chi connectivity index (χ1) is 8.81. The highest BCUT2D eigenvalue weighted by atomic mass is 16.1. The molecule has 1 amide bonds. The van der Waals surface area contributed by atoms with E-state index < -0.39 is 0 Å². The normalized spacial score (nSPS) is 28.1. The average Bonchev–Trinajstić information content (AvgIpc) is 2.37. The number of carbonyl (C=O) groups is 1. The molecule has 19 heavy (non-hydrogen) atoms. The highest BCUT2D eigenvalue weighted by molar-refractivity contribution is 5.75. The highest BCUT2D eigenvalue weighted by Crippen LogP contribution is 2.43. The Kier molecular flexibility index (Phi) is 5.37. The molecule has 3 unspecified atom stereocenters. The Morgan fingerprint density at radius 1 is 1.47 bits per heavy atom. The van der Waals surface area contributed by atoms with Crippen LogP contribution in [0.4, 0.5) is 0 Å². The third kappa shape index (κ3) is 3.94. The van der Waals surface area contributed by atoms with Crippen molar-refractivity contribution >= 4 is 5.91 Å². The lowest BCUT2D eigenvalue weighted by Crippen LogP contribution is -2.47. The van der Waals surface area contributed by atoms with Gasteiger partial charge in [-0.2, -0.15) is 5.26 Å². The number of nitrogens with zero attached hydrogens (tertiary/aromatic N) is 2. The summed E-state index contributed by atoms with van der Waals surface area (Å²) in [6, 6.07) is 2.56. The number of hydrogen-bond donors (Lipinski definition) is 1. The first-order valence-corrected chi connectivity index (χ1v) is 7.20. The highest BCUT2D eigenvalue weighted by Gasteiger charge is 2.39. The molecule has 0 aliphatic heterocycles. The molecule has 0 heterocycles. The first kappa shape index (κ1) is 16.0. The molecule has 1 saturated carbocycles. The maximum Gasteiger partial charge on any atom is 0.231 e. The lowest BCUT2D eigenvalue weighted by atomic mass is 9.66. The zero-order valence-corrected chi connectivity index (χ0v) is 12.6. The molecule has 1 aliphatic carbocycles. The molecule has 0 aromatic carbocycles. The van der Waals surface area contributed by atoms with E-state index in [9.17, 15) is 10.1 Å². The number of carbonyl (C=O) groups excluding carboxylic acids is 1. The van der Waals surface area contributed by atoms with Crippen molar-refractivity contribution < 1.29 is 4.79 Å². The summed E-state index contributed by atoms with van der Waals surface area (Å²) in [6.07, 6.45) is 4.17. The maximum atomic E-state index is 11.1. The summed E-state index contributed by atoms with van der Waals surface area (Å²) >= 11 is 0. The van der Waals surface area contributed by atoms with Gasteiger partial charge in [0.1, 0.15) is 0 Å². The summed E-state index contributed by atoms with van der Waals surface area (Å²) in [6.45, 7) is 7.06. The zero-order chi connectivity index (χ0) is 14.6. The molecule has 2 N–H and O–H groups in total. The Morgan fingerprint density at radius 2 is 2.11 bits per heavy atom. The minimum atomic E-state index is -0.323. The van der Waals surface area contributed by atoms with E-state index in [1.54, 1.807) is 0 Å². The van der Waals surface area contributed by atoms with E-state index in [0.29, 0.717) is 11.3 Å². The van der Waals surface area contributed by atoms with Gasteiger partial charge in [-0.1, -0.05) is 27.2 Å². The minimum Gasteiger partial charge on any atom is -0.369 e. The number of hydrogen-bond acceptors (Lipinski definition) is 3. The van der Waals surface area contributed by atoms with Gasteiger partial charge in [0.15, 0.2) is 0 Å². The number of rotatable bonds is 5. The number of likely N-dealkylation sites (N-methyl/N-ethyl adjacent to an activating group) is 1. The van der Waals surface area contributed by atoms with Crippen LogP contribution in [0.25, 0.3) is 0 Å². The van der Waals surface area contributed by atoms with Crippen molar-refractivity contribution in [3.05, 3.63) is 0 Å². The van der Waals surface area contributed by atoms with Crippen LogP contribution in [-0.4, -0.2) is 30.4 Å². The van der Waals surface area contributed by atoms with Crippen LogP contribution in [0.15, 0.2) is 0 Å². The van der Waals surface area contributed by atoms with Gasteiger partial charge in [-0.25, -0.2) is 0 Å². The molecular formula is C15H27N3O. The van der Waals surface area contributed by atoms with Crippen LogP contribution in [0.2, 0.25) is 0 Å². The van der Waals surface area contributed by atoms with E-state index in [1.807, 2.05) is 11.9 Å². The fourth-order valence-electron chi connectivity index (χ4n) is 3.15. The summed E-state index contributed by atoms with van der Waals surface area (Å²) in [4.78, 5) is 13.0. The van der Waals surface area contributed by atoms with Crippen LogP contribution in [0.1, 0.15) is 46.5 Å². The average molecular weight is 265 g/mol. The first-order valence-electron chi connectivity index (χ1n) is 7.20. The molecule has 0 aromatic heterocycles. The van der Waals surface area contributed by atoms with Gasteiger partial charge in [0.25, 0.3) is 0 Å². The van der Waals surface area contributed by atoms with Gasteiger partial charge < -0.3 is 5.73 Å². The molecule has 1 rings (SSSR count). The molecule has 108 valence electrons. The quantitative estimate of drug-likeness (QED) is 0.828. The predicted octanol–water partition coefficient (Wildman–Crippen LogP) is 2.15. The van der Waals surface area contributed by atoms with Crippen LogP contribution in [0.3, 0.4) is 0 Å². The second kappa shape index (κ2) is 6.38. The lowest BCUT2D eigenvalue weighted by molar-refractivity contribution is -0.119. The van der Waals surface area contributed by atoms with Gasteiger partial charge >= 0.3 is 0 Å². The molecule has 1 fully saturated rings. The molecule has 0 aromatic rings. The molecule has 0 bridgehead atoms. The topological polar surface area (TPSA) is 70.1 Å². The lowest BCUT2D eigenvalue weighted by Gasteiger charge is -2.44. The van der Waals surface area contributed by atoms with Gasteiger partial charge in [-0.3, -0.25) is 9.69 Å². The van der Waals surface area contributed by atoms with Crippen molar-refractivity contribution in [1.29, 1.82) is 5.26 Å². The number of nitrogens with two attached hydrogens (primary N) is 1. The van der Waals surface area contributed by atoms with Gasteiger partial charge in [-0.15, -0.1) is 0 Å². The van der Waals surface area contributed by atoms with Crippen molar-refractivity contribution in [3.8, 4) is 6.07 Å². The van der Waals surface area contributed by atoms with Gasteiger partial charge in [0, 0.05) is 6.04 Å². The summed E-state index contributed by atoms with van der Waals surface area (Å²) in [5, 5.41) is 9.30. The van der Waals surface area contributed by atoms with Crippen molar-refractivity contribution in [2.75, 3.05) is 13.6 Å². The SMILES string of the molecule is CCC(C)(C)C1CCC(C#N)C(N(C)CC(N)=O)C1. The van der Waals surface area contributed by atoms with E-state index in [1.165, 1.54) is 0 Å². The Balaban J connectivity index is 2.80. The zero-order valence-electron chi connectivity index (χ0n) is 12.6. The fraction of sp³-hybridized carbons (Fsp3) is 0.867. The predicted molar refractivity (Wildman–Crippen MR) is 76.1 cm³/mol. The Hall–Kier alpha value is -1.08. The van der Waals surface area contributed by atoms with Crippen molar-refractivity contribution in [1.82, 2.24) is 4.90 Å². The van der Waals surface area contributed by atoms with Crippen molar-refractivity contribution in [2.24, 2.45) is 23.0 Å². The Labute approximate surface area is 116 Å². The fourth-order valence-corrected chi connectivity index (χ4v) is 3.15. The van der Waals surface area contributed by atoms with E-state index in [4.69, 9.17) is 5.73 Å². The summed E-state index contributed by atoms with van der Waals surface area (Å²) in [7, 11) is 1.90.